The molecule has 0 aliphatic carbocycles. The first-order chi connectivity index (χ1) is 7.17. The number of hydrogen-bond donors (Lipinski definition) is 0. The van der Waals surface area contributed by atoms with E-state index in [9.17, 15) is 0 Å². The van der Waals surface area contributed by atoms with Gasteiger partial charge in [0.15, 0.2) is 0 Å². The van der Waals surface area contributed by atoms with Crippen molar-refractivity contribution in [2.45, 2.75) is 20.8 Å². The summed E-state index contributed by atoms with van der Waals surface area (Å²) in [7, 11) is 0. The lowest BCUT2D eigenvalue weighted by atomic mass is 10.1. The van der Waals surface area contributed by atoms with Gasteiger partial charge in [-0.25, -0.2) is 0 Å². The van der Waals surface area contributed by atoms with Crippen molar-refractivity contribution >= 4 is 11.4 Å². The van der Waals surface area contributed by atoms with Crippen LogP contribution in [0.1, 0.15) is 31.9 Å². The molecule has 0 saturated heterocycles. The van der Waals surface area contributed by atoms with E-state index in [0.717, 1.165) is 17.0 Å². The minimum absolute atomic E-state index is 0.663. The molecule has 0 amide bonds. The fourth-order valence-electron chi connectivity index (χ4n) is 1.28. The number of nitriles is 1. The zero-order valence-electron chi connectivity index (χ0n) is 9.28. The Morgan fingerprint density at radius 1 is 1.40 bits per heavy atom. The summed E-state index contributed by atoms with van der Waals surface area (Å²) in [5.41, 5.74) is 3.56. The topological polar surface area (TPSA) is 36.1 Å². The van der Waals surface area contributed by atoms with Gasteiger partial charge in [0.1, 0.15) is 0 Å². The highest BCUT2D eigenvalue weighted by Gasteiger charge is 1.99. The van der Waals surface area contributed by atoms with Crippen LogP contribution in [0.2, 0.25) is 0 Å². The Labute approximate surface area is 90.6 Å². The molecule has 0 fully saturated rings. The largest absolute Gasteiger partial charge is 0.258 e. The van der Waals surface area contributed by atoms with Gasteiger partial charge in [-0.2, -0.15) is 5.26 Å². The number of rotatable bonds is 2. The van der Waals surface area contributed by atoms with E-state index < -0.39 is 0 Å². The molecule has 2 heteroatoms. The molecule has 76 valence electrons. The number of benzene rings is 1. The van der Waals surface area contributed by atoms with Crippen molar-refractivity contribution < 1.29 is 0 Å². The van der Waals surface area contributed by atoms with Crippen LogP contribution in [0.15, 0.2) is 35.3 Å². The minimum atomic E-state index is 0.663. The van der Waals surface area contributed by atoms with Crippen LogP contribution in [0.3, 0.4) is 0 Å². The zero-order valence-corrected chi connectivity index (χ0v) is 9.28. The van der Waals surface area contributed by atoms with Crippen LogP contribution in [0.25, 0.3) is 5.70 Å². The quantitative estimate of drug-likeness (QED) is 0.671. The summed E-state index contributed by atoms with van der Waals surface area (Å²) in [4.78, 5) is 4.41. The lowest BCUT2D eigenvalue weighted by Gasteiger charge is -2.02. The van der Waals surface area contributed by atoms with E-state index in [1.54, 1.807) is 6.07 Å². The molecular formula is C13H14N2. The summed E-state index contributed by atoms with van der Waals surface area (Å²) in [6, 6.07) is 9.60. The fourth-order valence-corrected chi connectivity index (χ4v) is 1.28. The highest BCUT2D eigenvalue weighted by Crippen LogP contribution is 2.17. The third kappa shape index (κ3) is 3.07. The van der Waals surface area contributed by atoms with Gasteiger partial charge in [0.05, 0.1) is 17.3 Å². The van der Waals surface area contributed by atoms with Crippen molar-refractivity contribution in [1.82, 2.24) is 0 Å². The van der Waals surface area contributed by atoms with Crippen molar-refractivity contribution in [3.05, 3.63) is 41.5 Å². The second kappa shape index (κ2) is 5.11. The van der Waals surface area contributed by atoms with Crippen LogP contribution >= 0.6 is 0 Å². The Hall–Kier alpha value is -1.88. The lowest BCUT2D eigenvalue weighted by molar-refractivity contribution is 1.42. The van der Waals surface area contributed by atoms with E-state index in [-0.39, 0.29) is 0 Å². The maximum atomic E-state index is 8.79. The maximum absolute atomic E-state index is 8.79. The first kappa shape index (κ1) is 11.2. The Morgan fingerprint density at radius 2 is 2.13 bits per heavy atom. The van der Waals surface area contributed by atoms with Gasteiger partial charge in [-0.05, 0) is 32.9 Å². The van der Waals surface area contributed by atoms with Crippen LogP contribution in [0.5, 0.6) is 0 Å². The van der Waals surface area contributed by atoms with E-state index in [1.165, 1.54) is 0 Å². The van der Waals surface area contributed by atoms with Gasteiger partial charge in [0, 0.05) is 11.3 Å². The average molecular weight is 198 g/mol. The molecule has 0 aliphatic rings. The molecule has 15 heavy (non-hydrogen) atoms. The van der Waals surface area contributed by atoms with Crippen molar-refractivity contribution in [2.75, 3.05) is 0 Å². The molecule has 1 rings (SSSR count). The standard InChI is InChI=1S/C13H14N2/c1-4-13(15-10(2)3)12-7-5-6-11(8-12)9-14/h4-8H,1-3H3. The van der Waals surface area contributed by atoms with E-state index in [1.807, 2.05) is 45.0 Å². The Morgan fingerprint density at radius 3 is 2.67 bits per heavy atom. The average Bonchev–Trinajstić information content (AvgIpc) is 2.25. The van der Waals surface area contributed by atoms with Gasteiger partial charge in [-0.1, -0.05) is 18.2 Å². The van der Waals surface area contributed by atoms with Crippen molar-refractivity contribution in [3.63, 3.8) is 0 Å². The highest BCUT2D eigenvalue weighted by atomic mass is 14.7. The van der Waals surface area contributed by atoms with Gasteiger partial charge < -0.3 is 0 Å². The van der Waals surface area contributed by atoms with Gasteiger partial charge in [0.2, 0.25) is 0 Å². The molecule has 0 aliphatic heterocycles. The van der Waals surface area contributed by atoms with Gasteiger partial charge in [-0.3, -0.25) is 4.99 Å². The molecule has 0 spiro atoms. The highest BCUT2D eigenvalue weighted by molar-refractivity contribution is 5.86. The van der Waals surface area contributed by atoms with E-state index in [2.05, 4.69) is 11.1 Å². The number of nitrogens with zero attached hydrogens (tertiary/aromatic N) is 2. The summed E-state index contributed by atoms with van der Waals surface area (Å²) >= 11 is 0. The second-order valence-electron chi connectivity index (χ2n) is 3.43. The number of aliphatic imine (C=N–C) groups is 1. The number of allylic oxidation sites excluding steroid dienone is 1. The predicted octanol–water partition coefficient (Wildman–Crippen LogP) is 3.40. The summed E-state index contributed by atoms with van der Waals surface area (Å²) in [6.07, 6.45) is 1.95. The smallest absolute Gasteiger partial charge is 0.0991 e. The van der Waals surface area contributed by atoms with Crippen LogP contribution in [0, 0.1) is 11.3 Å². The molecule has 0 N–H and O–H groups in total. The third-order valence-corrected chi connectivity index (χ3v) is 1.90. The SMILES string of the molecule is CC=C(N=C(C)C)c1cccc(C#N)c1. The molecule has 0 saturated carbocycles. The van der Waals surface area contributed by atoms with Gasteiger partial charge in [0.25, 0.3) is 0 Å². The van der Waals surface area contributed by atoms with Crippen molar-refractivity contribution in [3.8, 4) is 6.07 Å². The molecule has 0 bridgehead atoms. The summed E-state index contributed by atoms with van der Waals surface area (Å²) in [5.74, 6) is 0. The predicted molar refractivity (Wildman–Crippen MR) is 63.6 cm³/mol. The van der Waals surface area contributed by atoms with Gasteiger partial charge >= 0.3 is 0 Å². The minimum Gasteiger partial charge on any atom is -0.258 e. The van der Waals surface area contributed by atoms with Crippen LogP contribution < -0.4 is 0 Å². The van der Waals surface area contributed by atoms with E-state index in [4.69, 9.17) is 5.26 Å². The first-order valence-electron chi connectivity index (χ1n) is 4.86. The number of hydrogen-bond acceptors (Lipinski definition) is 2. The van der Waals surface area contributed by atoms with Crippen LogP contribution in [0.4, 0.5) is 0 Å². The fraction of sp³-hybridized carbons (Fsp3) is 0.231. The molecule has 2 nitrogen and oxygen atoms in total. The van der Waals surface area contributed by atoms with E-state index in [0.29, 0.717) is 5.56 Å². The molecule has 0 aromatic heterocycles. The van der Waals surface area contributed by atoms with E-state index >= 15 is 0 Å². The summed E-state index contributed by atoms with van der Waals surface area (Å²) in [6.45, 7) is 5.86. The van der Waals surface area contributed by atoms with Crippen molar-refractivity contribution in [2.24, 2.45) is 4.99 Å². The Balaban J connectivity index is 3.15. The van der Waals surface area contributed by atoms with Crippen LogP contribution in [-0.4, -0.2) is 5.71 Å². The summed E-state index contributed by atoms with van der Waals surface area (Å²) < 4.78 is 0. The zero-order chi connectivity index (χ0) is 11.3. The Kier molecular flexibility index (Phi) is 3.82. The summed E-state index contributed by atoms with van der Waals surface area (Å²) in [5, 5.41) is 8.79. The molecular weight excluding hydrogens is 184 g/mol. The molecule has 1 aromatic rings. The molecule has 0 heterocycles. The Bertz CT molecular complexity index is 444. The normalized spacial score (nSPS) is 10.7. The maximum Gasteiger partial charge on any atom is 0.0991 e. The first-order valence-corrected chi connectivity index (χ1v) is 4.86. The lowest BCUT2D eigenvalue weighted by Crippen LogP contribution is -1.87. The van der Waals surface area contributed by atoms with Crippen LogP contribution in [-0.2, 0) is 0 Å². The monoisotopic (exact) mass is 198 g/mol. The third-order valence-electron chi connectivity index (χ3n) is 1.90. The second-order valence-corrected chi connectivity index (χ2v) is 3.43. The van der Waals surface area contributed by atoms with Crippen molar-refractivity contribution in [1.29, 1.82) is 5.26 Å². The molecule has 0 unspecified atom stereocenters. The molecule has 0 radical (unpaired) electrons. The van der Waals surface area contributed by atoms with Gasteiger partial charge in [-0.15, -0.1) is 0 Å². The molecule has 1 aromatic carbocycles. The molecule has 0 atom stereocenters.